The van der Waals surface area contributed by atoms with Gasteiger partial charge in [-0.1, -0.05) is 32.0 Å². The second-order valence-electron chi connectivity index (χ2n) is 7.81. The van der Waals surface area contributed by atoms with Crippen LogP contribution < -0.4 is 15.4 Å². The van der Waals surface area contributed by atoms with Gasteiger partial charge in [0.25, 0.3) is 0 Å². The van der Waals surface area contributed by atoms with Gasteiger partial charge < -0.3 is 15.4 Å². The molecule has 1 aromatic carbocycles. The first kappa shape index (κ1) is 23.3. The maximum Gasteiger partial charge on any atom is 0.191 e. The molecular formula is C20H35N3O3S. The van der Waals surface area contributed by atoms with Crippen molar-refractivity contribution in [1.82, 2.24) is 10.6 Å². The lowest BCUT2D eigenvalue weighted by Crippen LogP contribution is -2.42. The largest absolute Gasteiger partial charge is 0.489 e. The van der Waals surface area contributed by atoms with Crippen molar-refractivity contribution >= 4 is 15.8 Å². The van der Waals surface area contributed by atoms with Gasteiger partial charge in [0.2, 0.25) is 0 Å². The molecule has 1 unspecified atom stereocenters. The van der Waals surface area contributed by atoms with Gasteiger partial charge >= 0.3 is 0 Å². The van der Waals surface area contributed by atoms with Gasteiger partial charge in [-0.2, -0.15) is 0 Å². The van der Waals surface area contributed by atoms with Crippen molar-refractivity contribution in [1.29, 1.82) is 0 Å². The summed E-state index contributed by atoms with van der Waals surface area (Å²) >= 11 is 0. The van der Waals surface area contributed by atoms with Crippen LogP contribution in [-0.4, -0.2) is 52.1 Å². The van der Waals surface area contributed by atoms with E-state index in [4.69, 9.17) is 4.74 Å². The molecule has 0 saturated carbocycles. The average molecular weight is 398 g/mol. The zero-order chi connectivity index (χ0) is 20.5. The van der Waals surface area contributed by atoms with E-state index >= 15 is 0 Å². The number of guanidine groups is 1. The molecule has 7 heteroatoms. The molecule has 0 saturated heterocycles. The molecule has 0 spiro atoms. The number of hydrogen-bond donors (Lipinski definition) is 2. The first-order valence-corrected chi connectivity index (χ1v) is 11.5. The Balaban J connectivity index is 2.59. The first-order valence-electron chi connectivity index (χ1n) is 9.44. The predicted octanol–water partition coefficient (Wildman–Crippen LogP) is 2.78. The first-order chi connectivity index (χ1) is 12.5. The molecule has 0 aromatic heterocycles. The highest BCUT2D eigenvalue weighted by Crippen LogP contribution is 2.21. The topological polar surface area (TPSA) is 79.8 Å². The number of sulfone groups is 1. The van der Waals surface area contributed by atoms with Crippen LogP contribution in [-0.2, 0) is 9.84 Å². The fourth-order valence-corrected chi connectivity index (χ4v) is 3.29. The average Bonchev–Trinajstić information content (AvgIpc) is 2.57. The number of nitrogens with zero attached hydrogens (tertiary/aromatic N) is 1. The van der Waals surface area contributed by atoms with Crippen LogP contribution >= 0.6 is 0 Å². The van der Waals surface area contributed by atoms with Gasteiger partial charge in [-0.05, 0) is 44.2 Å². The fourth-order valence-electron chi connectivity index (χ4n) is 2.36. The van der Waals surface area contributed by atoms with E-state index < -0.39 is 9.84 Å². The second kappa shape index (κ2) is 10.5. The molecule has 0 heterocycles. The standard InChI is InChI=1S/C20H35N3O3S/c1-7-21-19(23-15-20(4,5)12-13-27(6,24)25)22-14-17(3)26-18-11-9-8-10-16(18)2/h8-11,17H,7,12-15H2,1-6H3,(H2,21,22,23). The second-order valence-corrected chi connectivity index (χ2v) is 10.1. The third kappa shape index (κ3) is 10.2. The van der Waals surface area contributed by atoms with Gasteiger partial charge in [-0.15, -0.1) is 0 Å². The van der Waals surface area contributed by atoms with E-state index in [0.29, 0.717) is 25.5 Å². The van der Waals surface area contributed by atoms with E-state index in [2.05, 4.69) is 15.6 Å². The third-order valence-corrected chi connectivity index (χ3v) is 5.08. The molecular weight excluding hydrogens is 362 g/mol. The monoisotopic (exact) mass is 397 g/mol. The molecule has 0 fully saturated rings. The molecule has 0 amide bonds. The van der Waals surface area contributed by atoms with E-state index in [0.717, 1.165) is 17.9 Å². The molecule has 1 aromatic rings. The molecule has 0 aliphatic heterocycles. The van der Waals surface area contributed by atoms with Gasteiger partial charge in [0.15, 0.2) is 5.96 Å². The van der Waals surface area contributed by atoms with E-state index in [-0.39, 0.29) is 17.3 Å². The number of nitrogens with one attached hydrogen (secondary N) is 2. The van der Waals surface area contributed by atoms with E-state index in [1.165, 1.54) is 6.26 Å². The summed E-state index contributed by atoms with van der Waals surface area (Å²) in [6, 6.07) is 7.95. The van der Waals surface area contributed by atoms with E-state index in [1.54, 1.807) is 0 Å². The number of ether oxygens (including phenoxy) is 1. The van der Waals surface area contributed by atoms with Gasteiger partial charge in [0.05, 0.1) is 12.3 Å². The minimum atomic E-state index is -2.96. The molecule has 0 radical (unpaired) electrons. The smallest absolute Gasteiger partial charge is 0.191 e. The third-order valence-electron chi connectivity index (χ3n) is 4.14. The highest BCUT2D eigenvalue weighted by atomic mass is 32.2. The maximum absolute atomic E-state index is 11.4. The lowest BCUT2D eigenvalue weighted by atomic mass is 9.90. The van der Waals surface area contributed by atoms with Gasteiger partial charge in [-0.3, -0.25) is 4.99 Å². The van der Waals surface area contributed by atoms with Crippen LogP contribution in [0.3, 0.4) is 0 Å². The Morgan fingerprint density at radius 1 is 1.26 bits per heavy atom. The Labute approximate surface area is 164 Å². The molecule has 6 nitrogen and oxygen atoms in total. The summed E-state index contributed by atoms with van der Waals surface area (Å²) in [5, 5.41) is 6.52. The van der Waals surface area contributed by atoms with Crippen LogP contribution in [0.1, 0.15) is 39.7 Å². The van der Waals surface area contributed by atoms with Crippen molar-refractivity contribution < 1.29 is 13.2 Å². The summed E-state index contributed by atoms with van der Waals surface area (Å²) in [7, 11) is -2.96. The van der Waals surface area contributed by atoms with E-state index in [9.17, 15) is 8.42 Å². The highest BCUT2D eigenvalue weighted by Gasteiger charge is 2.20. The summed E-state index contributed by atoms with van der Waals surface area (Å²) < 4.78 is 28.8. The van der Waals surface area contributed by atoms with E-state index in [1.807, 2.05) is 58.9 Å². The fraction of sp³-hybridized carbons (Fsp3) is 0.650. The Morgan fingerprint density at radius 3 is 2.52 bits per heavy atom. The molecule has 154 valence electrons. The van der Waals surface area contributed by atoms with Crippen LogP contribution in [0, 0.1) is 12.3 Å². The van der Waals surface area contributed by atoms with Crippen LogP contribution in [0.2, 0.25) is 0 Å². The Hall–Kier alpha value is -1.76. The molecule has 1 atom stereocenters. The molecule has 27 heavy (non-hydrogen) atoms. The van der Waals surface area contributed by atoms with Crippen LogP contribution in [0.25, 0.3) is 0 Å². The van der Waals surface area contributed by atoms with Crippen LogP contribution in [0.5, 0.6) is 5.75 Å². The summed E-state index contributed by atoms with van der Waals surface area (Å²) in [4.78, 5) is 4.63. The van der Waals surface area contributed by atoms with Gasteiger partial charge in [0.1, 0.15) is 21.7 Å². The maximum atomic E-state index is 11.4. The van der Waals surface area contributed by atoms with Crippen LogP contribution in [0.4, 0.5) is 0 Å². The van der Waals surface area contributed by atoms with Crippen molar-refractivity contribution in [3.63, 3.8) is 0 Å². The summed E-state index contributed by atoms with van der Waals surface area (Å²) in [6.07, 6.45) is 1.84. The summed E-state index contributed by atoms with van der Waals surface area (Å²) in [5.41, 5.74) is 0.923. The highest BCUT2D eigenvalue weighted by molar-refractivity contribution is 7.90. The molecule has 0 bridgehead atoms. The molecule has 0 aliphatic carbocycles. The zero-order valence-electron chi connectivity index (χ0n) is 17.5. The predicted molar refractivity (Wildman–Crippen MR) is 113 cm³/mol. The summed E-state index contributed by atoms with van der Waals surface area (Å²) in [5.74, 6) is 1.78. The van der Waals surface area contributed by atoms with Crippen LogP contribution in [0.15, 0.2) is 29.3 Å². The number of rotatable bonds is 10. The number of hydrogen-bond acceptors (Lipinski definition) is 4. The van der Waals surface area contributed by atoms with Crippen molar-refractivity contribution in [2.45, 2.75) is 47.1 Å². The molecule has 0 aliphatic rings. The minimum Gasteiger partial charge on any atom is -0.489 e. The zero-order valence-corrected chi connectivity index (χ0v) is 18.3. The lowest BCUT2D eigenvalue weighted by molar-refractivity contribution is 0.222. The van der Waals surface area contributed by atoms with Crippen molar-refractivity contribution in [3.8, 4) is 5.75 Å². The Kier molecular flexibility index (Phi) is 9.09. The van der Waals surface area contributed by atoms with Gasteiger partial charge in [-0.25, -0.2) is 8.42 Å². The Morgan fingerprint density at radius 2 is 1.93 bits per heavy atom. The molecule has 2 N–H and O–H groups in total. The normalized spacial score (nSPS) is 13.9. The van der Waals surface area contributed by atoms with Crippen molar-refractivity contribution in [2.75, 3.05) is 31.6 Å². The quantitative estimate of drug-likeness (QED) is 0.469. The number of aliphatic imine (C=N–C) groups is 1. The number of para-hydroxylation sites is 1. The number of aryl methyl sites for hydroxylation is 1. The minimum absolute atomic E-state index is 0.0202. The van der Waals surface area contributed by atoms with Crippen molar-refractivity contribution in [3.05, 3.63) is 29.8 Å². The lowest BCUT2D eigenvalue weighted by Gasteiger charge is -2.23. The summed E-state index contributed by atoms with van der Waals surface area (Å²) in [6.45, 7) is 12.0. The van der Waals surface area contributed by atoms with Crippen molar-refractivity contribution in [2.24, 2.45) is 10.4 Å². The number of benzene rings is 1. The SMILES string of the molecule is CCNC(=NCC(C)(C)CCS(C)(=O)=O)NCC(C)Oc1ccccc1C. The molecule has 1 rings (SSSR count). The Bertz CT molecular complexity index is 715. The van der Waals surface area contributed by atoms with Gasteiger partial charge in [0, 0.05) is 19.3 Å².